The Balaban J connectivity index is 1.80. The summed E-state index contributed by atoms with van der Waals surface area (Å²) in [5.74, 6) is -0.576. The molecular weight excluding hydrogens is 232 g/mol. The first-order chi connectivity index (χ1) is 8.77. The second-order valence-electron chi connectivity index (χ2n) is 4.49. The Labute approximate surface area is 107 Å². The number of aliphatic hydroxyl groups is 1. The molecule has 0 amide bonds. The average molecular weight is 250 g/mol. The Morgan fingerprint density at radius 2 is 2.00 bits per heavy atom. The van der Waals surface area contributed by atoms with E-state index in [0.29, 0.717) is 26.1 Å². The molecule has 1 saturated heterocycles. The van der Waals surface area contributed by atoms with Crippen LogP contribution < -0.4 is 0 Å². The van der Waals surface area contributed by atoms with Crippen LogP contribution in [-0.4, -0.2) is 30.4 Å². The molecule has 0 radical (unpaired) electrons. The lowest BCUT2D eigenvalue weighted by molar-refractivity contribution is -0.159. The van der Waals surface area contributed by atoms with E-state index in [4.69, 9.17) is 9.47 Å². The molecule has 0 aliphatic carbocycles. The minimum absolute atomic E-state index is 0.0398. The van der Waals surface area contributed by atoms with E-state index >= 15 is 0 Å². The Bertz CT molecular complexity index is 371. The molecule has 4 nitrogen and oxygen atoms in total. The third-order valence-electron chi connectivity index (χ3n) is 3.18. The maximum atomic E-state index is 11.7. The summed E-state index contributed by atoms with van der Waals surface area (Å²) >= 11 is 0. The van der Waals surface area contributed by atoms with E-state index in [9.17, 15) is 9.90 Å². The normalized spacial score (nSPS) is 18.3. The lowest BCUT2D eigenvalue weighted by Crippen LogP contribution is -2.34. The molecule has 1 N–H and O–H groups in total. The zero-order valence-corrected chi connectivity index (χ0v) is 10.2. The minimum atomic E-state index is -1.03. The number of esters is 1. The van der Waals surface area contributed by atoms with Gasteiger partial charge in [-0.25, -0.2) is 4.79 Å². The van der Waals surface area contributed by atoms with Crippen molar-refractivity contribution in [2.45, 2.75) is 25.6 Å². The fraction of sp³-hybridized carbons (Fsp3) is 0.500. The van der Waals surface area contributed by atoms with Crippen LogP contribution in [0.25, 0.3) is 0 Å². The largest absolute Gasteiger partial charge is 0.459 e. The molecule has 1 aliphatic heterocycles. The molecule has 0 saturated carbocycles. The van der Waals surface area contributed by atoms with Gasteiger partial charge in [0.1, 0.15) is 6.61 Å². The van der Waals surface area contributed by atoms with E-state index < -0.39 is 12.1 Å². The highest BCUT2D eigenvalue weighted by molar-refractivity contribution is 5.74. The standard InChI is InChI=1S/C14H18O4/c15-13(12-6-8-17-9-7-12)14(16)18-10-11-4-2-1-3-5-11/h1-5,12-13,15H,6-10H2. The third-order valence-corrected chi connectivity index (χ3v) is 3.18. The topological polar surface area (TPSA) is 55.8 Å². The molecule has 1 unspecified atom stereocenters. The van der Waals surface area contributed by atoms with Crippen molar-refractivity contribution in [2.24, 2.45) is 5.92 Å². The summed E-state index contributed by atoms with van der Waals surface area (Å²) in [6, 6.07) is 9.45. The quantitative estimate of drug-likeness (QED) is 0.823. The zero-order valence-electron chi connectivity index (χ0n) is 10.2. The molecule has 1 atom stereocenters. The fourth-order valence-corrected chi connectivity index (χ4v) is 2.04. The maximum absolute atomic E-state index is 11.7. The van der Waals surface area contributed by atoms with Gasteiger partial charge in [0.25, 0.3) is 0 Å². The summed E-state index contributed by atoms with van der Waals surface area (Å²) in [6.07, 6.45) is 0.390. The molecule has 1 fully saturated rings. The molecule has 1 heterocycles. The van der Waals surface area contributed by atoms with Crippen LogP contribution in [0, 0.1) is 5.92 Å². The summed E-state index contributed by atoms with van der Waals surface area (Å²) in [6.45, 7) is 1.42. The Kier molecular flexibility index (Phi) is 4.73. The van der Waals surface area contributed by atoms with Crippen molar-refractivity contribution in [1.29, 1.82) is 0 Å². The van der Waals surface area contributed by atoms with Crippen LogP contribution in [0.15, 0.2) is 30.3 Å². The average Bonchev–Trinajstić information content (AvgIpc) is 2.46. The first-order valence-corrected chi connectivity index (χ1v) is 6.24. The highest BCUT2D eigenvalue weighted by Gasteiger charge is 2.28. The van der Waals surface area contributed by atoms with Crippen LogP contribution in [0.4, 0.5) is 0 Å². The summed E-state index contributed by atoms with van der Waals surface area (Å²) in [7, 11) is 0. The summed E-state index contributed by atoms with van der Waals surface area (Å²) in [4.78, 5) is 11.7. The Morgan fingerprint density at radius 3 is 2.67 bits per heavy atom. The fourth-order valence-electron chi connectivity index (χ4n) is 2.04. The van der Waals surface area contributed by atoms with Gasteiger partial charge in [0.2, 0.25) is 0 Å². The number of hydrogen-bond donors (Lipinski definition) is 1. The van der Waals surface area contributed by atoms with Gasteiger partial charge in [-0.2, -0.15) is 0 Å². The number of carbonyl (C=O) groups is 1. The lowest BCUT2D eigenvalue weighted by atomic mass is 9.94. The van der Waals surface area contributed by atoms with Crippen LogP contribution in [0.2, 0.25) is 0 Å². The molecule has 1 aliphatic rings. The van der Waals surface area contributed by atoms with E-state index in [1.165, 1.54) is 0 Å². The Morgan fingerprint density at radius 1 is 1.33 bits per heavy atom. The minimum Gasteiger partial charge on any atom is -0.459 e. The van der Waals surface area contributed by atoms with E-state index in [1.807, 2.05) is 30.3 Å². The van der Waals surface area contributed by atoms with E-state index in [0.717, 1.165) is 5.56 Å². The van der Waals surface area contributed by atoms with Gasteiger partial charge in [0.15, 0.2) is 6.10 Å². The zero-order chi connectivity index (χ0) is 12.8. The van der Waals surface area contributed by atoms with Gasteiger partial charge in [0.05, 0.1) is 0 Å². The van der Waals surface area contributed by atoms with Gasteiger partial charge in [-0.15, -0.1) is 0 Å². The number of rotatable bonds is 4. The predicted octanol–water partition coefficient (Wildman–Crippen LogP) is 1.52. The molecule has 1 aromatic rings. The number of aliphatic hydroxyl groups excluding tert-OH is 1. The highest BCUT2D eigenvalue weighted by atomic mass is 16.5. The highest BCUT2D eigenvalue weighted by Crippen LogP contribution is 2.19. The molecule has 0 spiro atoms. The molecule has 1 aromatic carbocycles. The van der Waals surface area contributed by atoms with Crippen LogP contribution in [0.1, 0.15) is 18.4 Å². The molecule has 0 aromatic heterocycles. The van der Waals surface area contributed by atoms with Crippen molar-refractivity contribution in [3.05, 3.63) is 35.9 Å². The Hall–Kier alpha value is -1.39. The molecule has 0 bridgehead atoms. The van der Waals surface area contributed by atoms with E-state index in [1.54, 1.807) is 0 Å². The molecule has 98 valence electrons. The van der Waals surface area contributed by atoms with Crippen LogP contribution >= 0.6 is 0 Å². The van der Waals surface area contributed by atoms with Crippen molar-refractivity contribution in [3.8, 4) is 0 Å². The van der Waals surface area contributed by atoms with Crippen LogP contribution in [0.3, 0.4) is 0 Å². The SMILES string of the molecule is O=C(OCc1ccccc1)C(O)C1CCOCC1. The summed E-state index contributed by atoms with van der Waals surface area (Å²) < 4.78 is 10.3. The number of hydrogen-bond acceptors (Lipinski definition) is 4. The predicted molar refractivity (Wildman–Crippen MR) is 65.8 cm³/mol. The van der Waals surface area contributed by atoms with Crippen molar-refractivity contribution in [1.82, 2.24) is 0 Å². The monoisotopic (exact) mass is 250 g/mol. The van der Waals surface area contributed by atoms with Gasteiger partial charge in [-0.05, 0) is 24.3 Å². The van der Waals surface area contributed by atoms with Crippen molar-refractivity contribution in [2.75, 3.05) is 13.2 Å². The van der Waals surface area contributed by atoms with Gasteiger partial charge in [-0.3, -0.25) is 0 Å². The van der Waals surface area contributed by atoms with Crippen LogP contribution in [-0.2, 0) is 20.9 Å². The van der Waals surface area contributed by atoms with Crippen LogP contribution in [0.5, 0.6) is 0 Å². The second-order valence-corrected chi connectivity index (χ2v) is 4.49. The van der Waals surface area contributed by atoms with Gasteiger partial charge < -0.3 is 14.6 Å². The molecule has 2 rings (SSSR count). The maximum Gasteiger partial charge on any atom is 0.335 e. The number of benzene rings is 1. The first kappa shape index (κ1) is 13.1. The van der Waals surface area contributed by atoms with Crippen molar-refractivity contribution >= 4 is 5.97 Å². The third kappa shape index (κ3) is 3.55. The van der Waals surface area contributed by atoms with Gasteiger partial charge >= 0.3 is 5.97 Å². The van der Waals surface area contributed by atoms with Crippen molar-refractivity contribution < 1.29 is 19.4 Å². The first-order valence-electron chi connectivity index (χ1n) is 6.24. The molecular formula is C14H18O4. The molecule has 4 heteroatoms. The second kappa shape index (κ2) is 6.52. The van der Waals surface area contributed by atoms with E-state index in [-0.39, 0.29) is 12.5 Å². The lowest BCUT2D eigenvalue weighted by Gasteiger charge is -2.25. The summed E-state index contributed by atoms with van der Waals surface area (Å²) in [5.41, 5.74) is 0.921. The number of carbonyl (C=O) groups excluding carboxylic acids is 1. The molecule has 18 heavy (non-hydrogen) atoms. The van der Waals surface area contributed by atoms with E-state index in [2.05, 4.69) is 0 Å². The van der Waals surface area contributed by atoms with Gasteiger partial charge in [0, 0.05) is 13.2 Å². The van der Waals surface area contributed by atoms with Gasteiger partial charge in [-0.1, -0.05) is 30.3 Å². The number of ether oxygens (including phenoxy) is 2. The van der Waals surface area contributed by atoms with Crippen molar-refractivity contribution in [3.63, 3.8) is 0 Å². The smallest absolute Gasteiger partial charge is 0.335 e. The summed E-state index contributed by atoms with van der Waals surface area (Å²) in [5, 5.41) is 9.89.